The molecule has 0 atom stereocenters. The molecule has 0 unspecified atom stereocenters. The van der Waals surface area contributed by atoms with Crippen LogP contribution in [0.4, 0.5) is 5.69 Å². The average molecular weight is 322 g/mol. The van der Waals surface area contributed by atoms with Gasteiger partial charge >= 0.3 is 0 Å². The Balaban J connectivity index is 1.62. The second-order valence-electron chi connectivity index (χ2n) is 5.72. The van der Waals surface area contributed by atoms with E-state index in [2.05, 4.69) is 5.32 Å². The van der Waals surface area contributed by atoms with Crippen LogP contribution in [0.1, 0.15) is 37.7 Å². The van der Waals surface area contributed by atoms with Crippen LogP contribution >= 0.6 is 11.8 Å². The average Bonchev–Trinajstić information content (AvgIpc) is 2.54. The third kappa shape index (κ3) is 5.67. The predicted octanol–water partition coefficient (Wildman–Crippen LogP) is 3.52. The number of rotatable bonds is 7. The zero-order valence-electron chi connectivity index (χ0n) is 12.6. The van der Waals surface area contributed by atoms with Gasteiger partial charge in [0.25, 0.3) is 5.69 Å². The molecule has 0 heterocycles. The van der Waals surface area contributed by atoms with Crippen molar-refractivity contribution in [3.8, 4) is 0 Å². The topological polar surface area (TPSA) is 72.2 Å². The van der Waals surface area contributed by atoms with Crippen molar-refractivity contribution in [3.63, 3.8) is 0 Å². The van der Waals surface area contributed by atoms with Gasteiger partial charge in [-0.15, -0.1) is 11.8 Å². The molecular formula is C16H22N2O3S. The van der Waals surface area contributed by atoms with E-state index in [-0.39, 0.29) is 11.6 Å². The summed E-state index contributed by atoms with van der Waals surface area (Å²) >= 11 is 1.53. The molecule has 6 heteroatoms. The van der Waals surface area contributed by atoms with Gasteiger partial charge in [0.1, 0.15) is 0 Å². The summed E-state index contributed by atoms with van der Waals surface area (Å²) in [5.41, 5.74) is 1.09. The number of nitrogens with zero attached hydrogens (tertiary/aromatic N) is 1. The van der Waals surface area contributed by atoms with Gasteiger partial charge in [0.2, 0.25) is 5.91 Å². The highest BCUT2D eigenvalue weighted by atomic mass is 32.2. The lowest BCUT2D eigenvalue weighted by molar-refractivity contribution is -0.384. The van der Waals surface area contributed by atoms with Gasteiger partial charge in [-0.3, -0.25) is 14.9 Å². The first-order valence-electron chi connectivity index (χ1n) is 7.73. The van der Waals surface area contributed by atoms with Gasteiger partial charge in [-0.25, -0.2) is 0 Å². The van der Waals surface area contributed by atoms with E-state index in [0.717, 1.165) is 12.1 Å². The molecule has 1 aliphatic carbocycles. The third-order valence-corrected chi connectivity index (χ3v) is 4.97. The maximum absolute atomic E-state index is 11.8. The number of hydrogen-bond acceptors (Lipinski definition) is 4. The highest BCUT2D eigenvalue weighted by molar-refractivity contribution is 7.99. The first kappa shape index (κ1) is 16.8. The molecule has 120 valence electrons. The van der Waals surface area contributed by atoms with Gasteiger partial charge in [-0.1, -0.05) is 31.4 Å². The number of thioether (sulfide) groups is 1. The van der Waals surface area contributed by atoms with E-state index >= 15 is 0 Å². The van der Waals surface area contributed by atoms with Crippen molar-refractivity contribution in [2.45, 2.75) is 37.9 Å². The number of carbonyl (C=O) groups excluding carboxylic acids is 1. The molecule has 22 heavy (non-hydrogen) atoms. The molecule has 0 aliphatic heterocycles. The lowest BCUT2D eigenvalue weighted by atomic mass is 9.89. The quantitative estimate of drug-likeness (QED) is 0.616. The molecule has 1 amide bonds. The van der Waals surface area contributed by atoms with E-state index in [9.17, 15) is 14.9 Å². The summed E-state index contributed by atoms with van der Waals surface area (Å²) < 4.78 is 0. The zero-order chi connectivity index (χ0) is 15.8. The fourth-order valence-electron chi connectivity index (χ4n) is 2.68. The Morgan fingerprint density at radius 3 is 2.55 bits per heavy atom. The molecule has 0 spiro atoms. The Morgan fingerprint density at radius 2 is 1.91 bits per heavy atom. The number of hydrogen-bond donors (Lipinski definition) is 1. The lowest BCUT2D eigenvalue weighted by Crippen LogP contribution is -2.31. The predicted molar refractivity (Wildman–Crippen MR) is 88.8 cm³/mol. The molecule has 1 aliphatic rings. The minimum Gasteiger partial charge on any atom is -0.355 e. The highest BCUT2D eigenvalue weighted by Crippen LogP contribution is 2.22. The second kappa shape index (κ2) is 8.78. The summed E-state index contributed by atoms with van der Waals surface area (Å²) in [4.78, 5) is 22.0. The molecule has 1 N–H and O–H groups in total. The summed E-state index contributed by atoms with van der Waals surface area (Å²) in [7, 11) is 0. The van der Waals surface area contributed by atoms with Crippen LogP contribution in [0.25, 0.3) is 0 Å². The fraction of sp³-hybridized carbons (Fsp3) is 0.562. The minimum atomic E-state index is -0.407. The van der Waals surface area contributed by atoms with Gasteiger partial charge in [0.05, 0.1) is 10.7 Å². The number of amides is 1. The lowest BCUT2D eigenvalue weighted by Gasteiger charge is -2.21. The van der Waals surface area contributed by atoms with Crippen molar-refractivity contribution in [2.24, 2.45) is 5.92 Å². The number of nitrogens with one attached hydrogen (secondary N) is 1. The standard InChI is InChI=1S/C16H22N2O3S/c19-16(17-10-13-4-2-1-3-5-13)12-22-11-14-6-8-15(9-7-14)18(20)21/h6-9,13H,1-5,10-12H2,(H,17,19). The molecule has 0 saturated heterocycles. The smallest absolute Gasteiger partial charge is 0.269 e. The van der Waals surface area contributed by atoms with Crippen LogP contribution in [-0.2, 0) is 10.5 Å². The summed E-state index contributed by atoms with van der Waals surface area (Å²) in [5, 5.41) is 13.6. The second-order valence-corrected chi connectivity index (χ2v) is 6.71. The van der Waals surface area contributed by atoms with Crippen LogP contribution in [0.3, 0.4) is 0 Å². The number of non-ortho nitro benzene ring substituents is 1. The molecule has 5 nitrogen and oxygen atoms in total. The molecule has 1 aromatic rings. The SMILES string of the molecule is O=C(CSCc1ccc([N+](=O)[O-])cc1)NCC1CCCCC1. The van der Waals surface area contributed by atoms with Gasteiger partial charge in [0.15, 0.2) is 0 Å². The van der Waals surface area contributed by atoms with Crippen LogP contribution in [0, 0.1) is 16.0 Å². The van der Waals surface area contributed by atoms with Crippen molar-refractivity contribution in [1.29, 1.82) is 0 Å². The summed E-state index contributed by atoms with van der Waals surface area (Å²) in [6.07, 6.45) is 6.37. The third-order valence-electron chi connectivity index (χ3n) is 3.96. The molecule has 0 aromatic heterocycles. The van der Waals surface area contributed by atoms with Crippen LogP contribution in [0.5, 0.6) is 0 Å². The van der Waals surface area contributed by atoms with E-state index in [1.807, 2.05) is 0 Å². The number of nitro groups is 1. The van der Waals surface area contributed by atoms with Gasteiger partial charge in [-0.05, 0) is 24.3 Å². The van der Waals surface area contributed by atoms with Gasteiger partial charge in [0, 0.05) is 24.4 Å². The first-order chi connectivity index (χ1) is 10.6. The Bertz CT molecular complexity index is 499. The van der Waals surface area contributed by atoms with Gasteiger partial charge in [-0.2, -0.15) is 0 Å². The maximum Gasteiger partial charge on any atom is 0.269 e. The number of benzene rings is 1. The van der Waals surface area contributed by atoms with Crippen LogP contribution < -0.4 is 5.32 Å². The summed E-state index contributed by atoms with van der Waals surface area (Å²) in [6, 6.07) is 6.48. The molecule has 1 fully saturated rings. The van der Waals surface area contributed by atoms with Crippen molar-refractivity contribution in [3.05, 3.63) is 39.9 Å². The van der Waals surface area contributed by atoms with E-state index in [1.165, 1.54) is 56.0 Å². The monoisotopic (exact) mass is 322 g/mol. The summed E-state index contributed by atoms with van der Waals surface area (Å²) in [5.74, 6) is 1.85. The number of carbonyl (C=O) groups is 1. The Morgan fingerprint density at radius 1 is 1.23 bits per heavy atom. The van der Waals surface area contributed by atoms with E-state index in [1.54, 1.807) is 12.1 Å². The Labute approximate surface area is 135 Å². The van der Waals surface area contributed by atoms with Crippen molar-refractivity contribution in [1.82, 2.24) is 5.32 Å². The van der Waals surface area contributed by atoms with Crippen molar-refractivity contribution in [2.75, 3.05) is 12.3 Å². The van der Waals surface area contributed by atoms with Gasteiger partial charge < -0.3 is 5.32 Å². The number of nitro benzene ring substituents is 1. The molecule has 0 bridgehead atoms. The zero-order valence-corrected chi connectivity index (χ0v) is 13.4. The Hall–Kier alpha value is -1.56. The molecule has 0 radical (unpaired) electrons. The summed E-state index contributed by atoms with van der Waals surface area (Å²) in [6.45, 7) is 0.803. The Kier molecular flexibility index (Phi) is 6.71. The van der Waals surface area contributed by atoms with Crippen molar-refractivity contribution >= 4 is 23.4 Å². The van der Waals surface area contributed by atoms with Crippen LogP contribution in [0.2, 0.25) is 0 Å². The molecule has 1 saturated carbocycles. The molecule has 1 aromatic carbocycles. The molecular weight excluding hydrogens is 300 g/mol. The highest BCUT2D eigenvalue weighted by Gasteiger charge is 2.14. The fourth-order valence-corrected chi connectivity index (χ4v) is 3.49. The van der Waals surface area contributed by atoms with Crippen LogP contribution in [0.15, 0.2) is 24.3 Å². The van der Waals surface area contributed by atoms with E-state index in [4.69, 9.17) is 0 Å². The molecule has 2 rings (SSSR count). The maximum atomic E-state index is 11.8. The largest absolute Gasteiger partial charge is 0.355 e. The minimum absolute atomic E-state index is 0.0810. The van der Waals surface area contributed by atoms with Crippen molar-refractivity contribution < 1.29 is 9.72 Å². The first-order valence-corrected chi connectivity index (χ1v) is 8.88. The van der Waals surface area contributed by atoms with Crippen LogP contribution in [-0.4, -0.2) is 23.1 Å². The normalized spacial score (nSPS) is 15.5. The van der Waals surface area contributed by atoms with E-state index in [0.29, 0.717) is 17.4 Å². The van der Waals surface area contributed by atoms with E-state index < -0.39 is 4.92 Å².